The van der Waals surface area contributed by atoms with E-state index in [2.05, 4.69) is 0 Å². The van der Waals surface area contributed by atoms with Gasteiger partial charge in [-0.05, 0) is 29.8 Å². The highest BCUT2D eigenvalue weighted by Crippen LogP contribution is 2.23. The minimum atomic E-state index is -0.536. The normalized spacial score (nSPS) is 14.1. The van der Waals surface area contributed by atoms with E-state index < -0.39 is 6.09 Å². The Labute approximate surface area is 127 Å². The molecule has 3 nitrogen and oxygen atoms in total. The average Bonchev–Trinajstić information content (AvgIpc) is 2.58. The molecule has 1 aliphatic rings. The average molecular weight is 295 g/mol. The van der Waals surface area contributed by atoms with Crippen LogP contribution in [0.1, 0.15) is 11.5 Å². The van der Waals surface area contributed by atoms with Crippen LogP contribution >= 0.6 is 0 Å². The molecule has 110 valence electrons. The van der Waals surface area contributed by atoms with Crippen molar-refractivity contribution >= 4 is 6.09 Å². The second kappa shape index (κ2) is 6.26. The molecule has 0 spiro atoms. The van der Waals surface area contributed by atoms with Crippen molar-refractivity contribution in [3.63, 3.8) is 0 Å². The Morgan fingerprint density at radius 1 is 0.955 bits per heavy atom. The summed E-state index contributed by atoms with van der Waals surface area (Å²) in [4.78, 5) is 13.4. The van der Waals surface area contributed by atoms with Crippen molar-refractivity contribution in [2.24, 2.45) is 0 Å². The molecule has 0 aromatic heterocycles. The summed E-state index contributed by atoms with van der Waals surface area (Å²) in [5.74, 6) is 0.0673. The lowest BCUT2D eigenvalue weighted by molar-refractivity contribution is 0.181. The molecule has 0 saturated carbocycles. The molecule has 22 heavy (non-hydrogen) atoms. The zero-order valence-electron chi connectivity index (χ0n) is 11.7. The molecule has 3 rings (SSSR count). The van der Waals surface area contributed by atoms with Crippen molar-refractivity contribution in [2.75, 3.05) is 0 Å². The predicted molar refractivity (Wildman–Crippen MR) is 81.7 cm³/mol. The quantitative estimate of drug-likeness (QED) is 0.819. The minimum absolute atomic E-state index is 0.135. The molecule has 0 atom stereocenters. The van der Waals surface area contributed by atoms with E-state index in [0.717, 1.165) is 5.56 Å². The van der Waals surface area contributed by atoms with Crippen LogP contribution in [-0.2, 0) is 0 Å². The van der Waals surface area contributed by atoms with Crippen LogP contribution < -0.4 is 4.74 Å². The largest absolute Gasteiger partial charge is 0.423 e. The molecule has 0 saturated heterocycles. The van der Waals surface area contributed by atoms with Gasteiger partial charge in [-0.25, -0.2) is 9.18 Å². The molecule has 0 N–H and O–H groups in total. The number of hydrogen-bond acceptors (Lipinski definition) is 2. The lowest BCUT2D eigenvalue weighted by Gasteiger charge is -2.19. The molecule has 2 aromatic rings. The molecule has 2 aromatic carbocycles. The summed E-state index contributed by atoms with van der Waals surface area (Å²) in [6, 6.07) is 15.3. The Kier molecular flexibility index (Phi) is 4.01. The first kappa shape index (κ1) is 14.1. The van der Waals surface area contributed by atoms with Gasteiger partial charge < -0.3 is 4.74 Å². The Balaban J connectivity index is 1.64. The van der Waals surface area contributed by atoms with E-state index in [-0.39, 0.29) is 11.7 Å². The number of carbonyl (C=O) groups is 1. The highest BCUT2D eigenvalue weighted by Gasteiger charge is 2.16. The van der Waals surface area contributed by atoms with Gasteiger partial charge in [0, 0.05) is 18.3 Å². The molecular weight excluding hydrogens is 281 g/mol. The van der Waals surface area contributed by atoms with Gasteiger partial charge >= 0.3 is 6.09 Å². The first-order valence-electron chi connectivity index (χ1n) is 6.90. The van der Waals surface area contributed by atoms with Crippen LogP contribution in [0.2, 0.25) is 0 Å². The molecule has 1 amide bonds. The van der Waals surface area contributed by atoms with E-state index in [1.165, 1.54) is 29.2 Å². The fourth-order valence-electron chi connectivity index (χ4n) is 2.16. The zero-order valence-corrected chi connectivity index (χ0v) is 11.7. The van der Waals surface area contributed by atoms with Gasteiger partial charge in [-0.2, -0.15) is 0 Å². The third-order valence-electron chi connectivity index (χ3n) is 3.32. The van der Waals surface area contributed by atoms with Crippen molar-refractivity contribution < 1.29 is 13.9 Å². The van der Waals surface area contributed by atoms with Gasteiger partial charge in [-0.1, -0.05) is 42.5 Å². The maximum atomic E-state index is 12.8. The summed E-state index contributed by atoms with van der Waals surface area (Å²) in [6.07, 6.45) is 6.64. The summed E-state index contributed by atoms with van der Waals surface area (Å²) < 4.78 is 18.0. The van der Waals surface area contributed by atoms with Crippen molar-refractivity contribution in [3.8, 4) is 5.75 Å². The smallest absolute Gasteiger partial charge is 0.410 e. The maximum Gasteiger partial charge on any atom is 0.423 e. The van der Waals surface area contributed by atoms with Crippen LogP contribution in [0.4, 0.5) is 9.18 Å². The Morgan fingerprint density at radius 3 is 2.23 bits per heavy atom. The molecule has 0 unspecified atom stereocenters. The minimum Gasteiger partial charge on any atom is -0.410 e. The van der Waals surface area contributed by atoms with E-state index in [9.17, 15) is 9.18 Å². The summed E-state index contributed by atoms with van der Waals surface area (Å²) in [5, 5.41) is 0. The van der Waals surface area contributed by atoms with Crippen LogP contribution in [0, 0.1) is 5.82 Å². The third-order valence-corrected chi connectivity index (χ3v) is 3.32. The molecule has 0 aliphatic carbocycles. The molecule has 0 radical (unpaired) electrons. The number of rotatable bonds is 2. The Morgan fingerprint density at radius 2 is 1.59 bits per heavy atom. The standard InChI is InChI=1S/C18H14FNO2/c19-16-6-8-17(9-7-16)22-18(21)20-12-10-15(11-13-20)14-4-2-1-3-5-14/h1-13,15H. The summed E-state index contributed by atoms with van der Waals surface area (Å²) >= 11 is 0. The second-order valence-corrected chi connectivity index (χ2v) is 4.85. The number of hydrogen-bond donors (Lipinski definition) is 0. The second-order valence-electron chi connectivity index (χ2n) is 4.85. The fourth-order valence-corrected chi connectivity index (χ4v) is 2.16. The number of ether oxygens (including phenoxy) is 1. The molecule has 0 bridgehead atoms. The van der Waals surface area contributed by atoms with Gasteiger partial charge in [-0.15, -0.1) is 0 Å². The number of carbonyl (C=O) groups excluding carboxylic acids is 1. The van der Waals surface area contributed by atoms with Gasteiger partial charge in [0.25, 0.3) is 0 Å². The monoisotopic (exact) mass is 295 g/mol. The first-order valence-corrected chi connectivity index (χ1v) is 6.90. The van der Waals surface area contributed by atoms with Crippen molar-refractivity contribution in [2.45, 2.75) is 5.92 Å². The summed E-state index contributed by atoms with van der Waals surface area (Å²) in [5.41, 5.74) is 1.15. The lowest BCUT2D eigenvalue weighted by Crippen LogP contribution is -2.25. The van der Waals surface area contributed by atoms with Gasteiger partial charge in [0.1, 0.15) is 11.6 Å². The lowest BCUT2D eigenvalue weighted by atomic mass is 9.98. The fraction of sp³-hybridized carbons (Fsp3) is 0.0556. The van der Waals surface area contributed by atoms with Crippen LogP contribution in [0.3, 0.4) is 0 Å². The van der Waals surface area contributed by atoms with Gasteiger partial charge in [-0.3, -0.25) is 4.90 Å². The Hall–Kier alpha value is -2.88. The SMILES string of the molecule is O=C(Oc1ccc(F)cc1)N1C=CC(c2ccccc2)C=C1. The highest BCUT2D eigenvalue weighted by atomic mass is 19.1. The van der Waals surface area contributed by atoms with Crippen molar-refractivity contribution in [3.05, 3.63) is 90.5 Å². The number of allylic oxidation sites excluding steroid dienone is 2. The number of halogens is 1. The summed E-state index contributed by atoms with van der Waals surface area (Å²) in [7, 11) is 0. The number of amides is 1. The van der Waals surface area contributed by atoms with Gasteiger partial charge in [0.05, 0.1) is 0 Å². The molecule has 0 fully saturated rings. The van der Waals surface area contributed by atoms with Crippen molar-refractivity contribution in [1.82, 2.24) is 4.90 Å². The van der Waals surface area contributed by atoms with Crippen LogP contribution in [0.15, 0.2) is 79.1 Å². The van der Waals surface area contributed by atoms with Gasteiger partial charge in [0.2, 0.25) is 0 Å². The maximum absolute atomic E-state index is 12.8. The molecular formula is C18H14FNO2. The van der Waals surface area contributed by atoms with Crippen LogP contribution in [0.5, 0.6) is 5.75 Å². The van der Waals surface area contributed by atoms with E-state index in [4.69, 9.17) is 4.74 Å². The Bertz CT molecular complexity index is 694. The third kappa shape index (κ3) is 3.23. The van der Waals surface area contributed by atoms with Gasteiger partial charge in [0.15, 0.2) is 0 Å². The predicted octanol–water partition coefficient (Wildman–Crippen LogP) is 4.45. The number of benzene rings is 2. The zero-order chi connectivity index (χ0) is 15.4. The van der Waals surface area contributed by atoms with Crippen LogP contribution in [-0.4, -0.2) is 11.0 Å². The van der Waals surface area contributed by atoms with Crippen molar-refractivity contribution in [1.29, 1.82) is 0 Å². The van der Waals surface area contributed by atoms with Crippen LogP contribution in [0.25, 0.3) is 0 Å². The molecule has 1 aliphatic heterocycles. The van der Waals surface area contributed by atoms with E-state index in [0.29, 0.717) is 5.75 Å². The highest BCUT2D eigenvalue weighted by molar-refractivity contribution is 5.73. The van der Waals surface area contributed by atoms with E-state index in [1.807, 2.05) is 42.5 Å². The van der Waals surface area contributed by atoms with E-state index in [1.54, 1.807) is 12.4 Å². The topological polar surface area (TPSA) is 29.5 Å². The summed E-state index contributed by atoms with van der Waals surface area (Å²) in [6.45, 7) is 0. The number of nitrogens with zero attached hydrogens (tertiary/aromatic N) is 1. The molecule has 4 heteroatoms. The molecule has 1 heterocycles. The van der Waals surface area contributed by atoms with E-state index >= 15 is 0 Å². The first-order chi connectivity index (χ1) is 10.7.